The summed E-state index contributed by atoms with van der Waals surface area (Å²) in [7, 11) is 0. The molecule has 0 heterocycles. The molecule has 0 bridgehead atoms. The minimum atomic E-state index is -2.80. The molecule has 3 heteroatoms. The Labute approximate surface area is 114 Å². The molecule has 19 heavy (non-hydrogen) atoms. The number of carbonyl (C=O) groups excluding carboxylic acids is 1. The van der Waals surface area contributed by atoms with Gasteiger partial charge in [-0.25, -0.2) is 8.78 Å². The van der Waals surface area contributed by atoms with E-state index < -0.39 is 5.92 Å². The fourth-order valence-corrected chi connectivity index (χ4v) is 2.34. The van der Waals surface area contributed by atoms with Crippen molar-refractivity contribution < 1.29 is 13.6 Å². The molecule has 0 saturated heterocycles. The van der Waals surface area contributed by atoms with Crippen LogP contribution < -0.4 is 0 Å². The molecule has 1 nitrogen and oxygen atoms in total. The predicted molar refractivity (Wildman–Crippen MR) is 73.6 cm³/mol. The normalized spacial score (nSPS) is 13.3. The summed E-state index contributed by atoms with van der Waals surface area (Å²) in [6.07, 6.45) is 5.14. The molecule has 0 amide bonds. The van der Waals surface area contributed by atoms with Crippen LogP contribution in [0.15, 0.2) is 24.3 Å². The number of carbonyl (C=O) groups is 1. The first-order chi connectivity index (χ1) is 8.99. The van der Waals surface area contributed by atoms with Crippen molar-refractivity contribution in [2.24, 2.45) is 0 Å². The number of alkyl halides is 2. The van der Waals surface area contributed by atoms with Gasteiger partial charge in [-0.2, -0.15) is 0 Å². The van der Waals surface area contributed by atoms with E-state index in [9.17, 15) is 13.6 Å². The molecule has 1 unspecified atom stereocenters. The molecular weight excluding hydrogens is 246 g/mol. The highest BCUT2D eigenvalue weighted by atomic mass is 19.3. The number of halogens is 2. The Hall–Kier alpha value is -1.25. The van der Waals surface area contributed by atoms with E-state index in [2.05, 4.69) is 6.92 Å². The van der Waals surface area contributed by atoms with E-state index in [1.54, 1.807) is 12.1 Å². The Kier molecular flexibility index (Phi) is 6.13. The third kappa shape index (κ3) is 5.09. The zero-order valence-electron chi connectivity index (χ0n) is 11.7. The lowest BCUT2D eigenvalue weighted by Crippen LogP contribution is -2.08. The maximum Gasteiger partial charge on any atom is 0.270 e. The minimum Gasteiger partial charge on any atom is -0.303 e. The first-order valence-electron chi connectivity index (χ1n) is 6.91. The Morgan fingerprint density at radius 3 is 2.63 bits per heavy atom. The molecule has 1 rings (SSSR count). The van der Waals surface area contributed by atoms with Crippen LogP contribution in [0.2, 0.25) is 0 Å². The van der Waals surface area contributed by atoms with Crippen LogP contribution >= 0.6 is 0 Å². The van der Waals surface area contributed by atoms with Gasteiger partial charge in [0, 0.05) is 18.9 Å². The van der Waals surface area contributed by atoms with Crippen molar-refractivity contribution in [1.82, 2.24) is 0 Å². The first-order valence-corrected chi connectivity index (χ1v) is 6.91. The van der Waals surface area contributed by atoms with E-state index in [1.165, 1.54) is 6.07 Å². The first kappa shape index (κ1) is 15.8. The molecule has 0 aliphatic carbocycles. The Morgan fingerprint density at radius 1 is 1.32 bits per heavy atom. The molecule has 106 valence electrons. The van der Waals surface area contributed by atoms with Crippen LogP contribution in [0.25, 0.3) is 0 Å². The van der Waals surface area contributed by atoms with Crippen molar-refractivity contribution in [3.8, 4) is 0 Å². The van der Waals surface area contributed by atoms with Crippen LogP contribution in [-0.4, -0.2) is 6.29 Å². The molecule has 0 fully saturated rings. The SMILES string of the molecule is CCCC(CCCC=O)c1cccc(C(C)(F)F)c1. The second kappa shape index (κ2) is 7.37. The van der Waals surface area contributed by atoms with Crippen molar-refractivity contribution in [1.29, 1.82) is 0 Å². The summed E-state index contributed by atoms with van der Waals surface area (Å²) >= 11 is 0. The number of hydrogen-bond donors (Lipinski definition) is 0. The van der Waals surface area contributed by atoms with Crippen LogP contribution in [0.3, 0.4) is 0 Å². The van der Waals surface area contributed by atoms with Gasteiger partial charge in [0.25, 0.3) is 5.92 Å². The topological polar surface area (TPSA) is 17.1 Å². The van der Waals surface area contributed by atoms with Crippen molar-refractivity contribution in [3.63, 3.8) is 0 Å². The number of unbranched alkanes of at least 4 members (excludes halogenated alkanes) is 1. The summed E-state index contributed by atoms with van der Waals surface area (Å²) < 4.78 is 26.7. The van der Waals surface area contributed by atoms with Gasteiger partial charge in [0.1, 0.15) is 6.29 Å². The van der Waals surface area contributed by atoms with Gasteiger partial charge in [-0.15, -0.1) is 0 Å². The third-order valence-corrected chi connectivity index (χ3v) is 3.38. The lowest BCUT2D eigenvalue weighted by atomic mass is 9.88. The van der Waals surface area contributed by atoms with Gasteiger partial charge in [0.15, 0.2) is 0 Å². The van der Waals surface area contributed by atoms with Crippen molar-refractivity contribution in [2.75, 3.05) is 0 Å². The molecule has 1 aromatic carbocycles. The average Bonchev–Trinajstić information content (AvgIpc) is 2.37. The standard InChI is InChI=1S/C16H22F2O/c1-3-7-13(8-4-5-11-19)14-9-6-10-15(12-14)16(2,17)18/h6,9-13H,3-5,7-8H2,1-2H3. The molecule has 0 N–H and O–H groups in total. The van der Waals surface area contributed by atoms with Crippen molar-refractivity contribution in [2.45, 2.75) is 57.8 Å². The van der Waals surface area contributed by atoms with Gasteiger partial charge < -0.3 is 4.79 Å². The quantitative estimate of drug-likeness (QED) is 0.476. The molecule has 0 aliphatic rings. The molecule has 1 atom stereocenters. The minimum absolute atomic E-state index is 0.0708. The number of rotatable bonds is 8. The average molecular weight is 268 g/mol. The van der Waals surface area contributed by atoms with Crippen molar-refractivity contribution >= 4 is 6.29 Å². The van der Waals surface area contributed by atoms with E-state index in [0.717, 1.165) is 44.5 Å². The van der Waals surface area contributed by atoms with E-state index in [0.29, 0.717) is 6.42 Å². The summed E-state index contributed by atoms with van der Waals surface area (Å²) in [5.41, 5.74) is 1.04. The molecular formula is C16H22F2O. The van der Waals surface area contributed by atoms with Gasteiger partial charge >= 0.3 is 0 Å². The zero-order chi connectivity index (χ0) is 14.3. The van der Waals surface area contributed by atoms with E-state index >= 15 is 0 Å². The smallest absolute Gasteiger partial charge is 0.270 e. The lowest BCUT2D eigenvalue weighted by molar-refractivity contribution is -0.107. The Morgan fingerprint density at radius 2 is 2.05 bits per heavy atom. The fourth-order valence-electron chi connectivity index (χ4n) is 2.34. The van der Waals surface area contributed by atoms with Gasteiger partial charge in [-0.05, 0) is 36.8 Å². The van der Waals surface area contributed by atoms with E-state index in [4.69, 9.17) is 0 Å². The van der Waals surface area contributed by atoms with Crippen LogP contribution in [0, 0.1) is 0 Å². The summed E-state index contributed by atoms with van der Waals surface area (Å²) in [5, 5.41) is 0. The molecule has 0 radical (unpaired) electrons. The van der Waals surface area contributed by atoms with Crippen molar-refractivity contribution in [3.05, 3.63) is 35.4 Å². The maximum atomic E-state index is 13.3. The highest BCUT2D eigenvalue weighted by molar-refractivity contribution is 5.49. The number of aldehydes is 1. The fraction of sp³-hybridized carbons (Fsp3) is 0.562. The van der Waals surface area contributed by atoms with Gasteiger partial charge in [0.05, 0.1) is 0 Å². The molecule has 0 aromatic heterocycles. The second-order valence-corrected chi connectivity index (χ2v) is 5.10. The summed E-state index contributed by atoms with van der Waals surface area (Å²) in [6.45, 7) is 3.01. The lowest BCUT2D eigenvalue weighted by Gasteiger charge is -2.19. The van der Waals surface area contributed by atoms with Gasteiger partial charge in [-0.3, -0.25) is 0 Å². The third-order valence-electron chi connectivity index (χ3n) is 3.38. The largest absolute Gasteiger partial charge is 0.303 e. The molecule has 0 saturated carbocycles. The maximum absolute atomic E-state index is 13.3. The predicted octanol–water partition coefficient (Wildman–Crippen LogP) is 5.05. The van der Waals surface area contributed by atoms with Crippen LogP contribution in [0.5, 0.6) is 0 Å². The van der Waals surface area contributed by atoms with Crippen LogP contribution in [-0.2, 0) is 10.7 Å². The van der Waals surface area contributed by atoms with E-state index in [1.807, 2.05) is 6.07 Å². The summed E-state index contributed by atoms with van der Waals surface area (Å²) in [5.74, 6) is -2.53. The van der Waals surface area contributed by atoms with Gasteiger partial charge in [0.2, 0.25) is 0 Å². The number of hydrogen-bond acceptors (Lipinski definition) is 1. The molecule has 1 aromatic rings. The van der Waals surface area contributed by atoms with E-state index in [-0.39, 0.29) is 11.5 Å². The second-order valence-electron chi connectivity index (χ2n) is 5.10. The molecule has 0 aliphatic heterocycles. The van der Waals surface area contributed by atoms with Gasteiger partial charge in [-0.1, -0.05) is 31.5 Å². The number of benzene rings is 1. The zero-order valence-corrected chi connectivity index (χ0v) is 11.7. The monoisotopic (exact) mass is 268 g/mol. The summed E-state index contributed by atoms with van der Waals surface area (Å²) in [4.78, 5) is 10.4. The molecule has 0 spiro atoms. The highest BCUT2D eigenvalue weighted by Gasteiger charge is 2.25. The van der Waals surface area contributed by atoms with Crippen LogP contribution in [0.1, 0.15) is 63.0 Å². The summed E-state index contributed by atoms with van der Waals surface area (Å²) in [6, 6.07) is 6.69. The Balaban J connectivity index is 2.86. The van der Waals surface area contributed by atoms with Crippen LogP contribution in [0.4, 0.5) is 8.78 Å². The Bertz CT molecular complexity index is 396. The highest BCUT2D eigenvalue weighted by Crippen LogP contribution is 2.32.